The van der Waals surface area contributed by atoms with Crippen LogP contribution in [-0.4, -0.2) is 47.0 Å². The fourth-order valence-corrected chi connectivity index (χ4v) is 3.64. The summed E-state index contributed by atoms with van der Waals surface area (Å²) in [6, 6.07) is 5.29. The Morgan fingerprint density at radius 3 is 2.11 bits per heavy atom. The second kappa shape index (κ2) is 13.8. The number of nitrogens with one attached hydrogen (secondary N) is 2. The fraction of sp³-hybridized carbons (Fsp3) is 0.607. The van der Waals surface area contributed by atoms with E-state index in [9.17, 15) is 14.4 Å². The van der Waals surface area contributed by atoms with Crippen molar-refractivity contribution in [1.82, 2.24) is 15.5 Å². The average Bonchev–Trinajstić information content (AvgIpc) is 2.73. The van der Waals surface area contributed by atoms with Crippen LogP contribution < -0.4 is 10.6 Å². The molecule has 1 aromatic carbocycles. The van der Waals surface area contributed by atoms with Gasteiger partial charge < -0.3 is 20.3 Å². The smallest absolute Gasteiger partial charge is 0.408 e. The lowest BCUT2D eigenvalue weighted by atomic mass is 9.98. The molecule has 7 nitrogen and oxygen atoms in total. The van der Waals surface area contributed by atoms with Crippen LogP contribution in [0.25, 0.3) is 0 Å². The highest BCUT2D eigenvalue weighted by Crippen LogP contribution is 2.25. The molecule has 0 aliphatic rings. The van der Waals surface area contributed by atoms with E-state index in [1.807, 2.05) is 34.6 Å². The van der Waals surface area contributed by atoms with Crippen molar-refractivity contribution in [3.05, 3.63) is 35.4 Å². The van der Waals surface area contributed by atoms with Crippen LogP contribution in [0.15, 0.2) is 24.3 Å². The van der Waals surface area contributed by atoms with Crippen LogP contribution in [0.4, 0.5) is 4.79 Å². The van der Waals surface area contributed by atoms with Crippen molar-refractivity contribution >= 4 is 17.9 Å². The molecule has 3 amide bonds. The van der Waals surface area contributed by atoms with E-state index < -0.39 is 23.8 Å². The maximum atomic E-state index is 14.0. The molecule has 1 aromatic rings. The molecule has 0 spiro atoms. The second-order valence-corrected chi connectivity index (χ2v) is 10.5. The molecule has 0 bridgehead atoms. The summed E-state index contributed by atoms with van der Waals surface area (Å²) in [5, 5.41) is 5.70. The first kappa shape index (κ1) is 30.0. The molecule has 0 aromatic heterocycles. The van der Waals surface area contributed by atoms with Crippen LogP contribution in [0.2, 0.25) is 0 Å². The number of rotatable bonds is 11. The van der Waals surface area contributed by atoms with E-state index in [-0.39, 0.29) is 23.8 Å². The van der Waals surface area contributed by atoms with E-state index in [1.165, 1.54) is 0 Å². The molecule has 0 saturated heterocycles. The van der Waals surface area contributed by atoms with E-state index in [4.69, 9.17) is 11.2 Å². The fourth-order valence-electron chi connectivity index (χ4n) is 3.64. The van der Waals surface area contributed by atoms with Crippen molar-refractivity contribution in [2.24, 2.45) is 5.92 Å². The Kier molecular flexibility index (Phi) is 11.8. The van der Waals surface area contributed by atoms with E-state index in [0.717, 1.165) is 6.42 Å². The van der Waals surface area contributed by atoms with E-state index >= 15 is 0 Å². The second-order valence-electron chi connectivity index (χ2n) is 10.5. The van der Waals surface area contributed by atoms with Gasteiger partial charge >= 0.3 is 6.09 Å². The maximum Gasteiger partial charge on any atom is 0.408 e. The Morgan fingerprint density at radius 1 is 1.06 bits per heavy atom. The van der Waals surface area contributed by atoms with Gasteiger partial charge in [-0.1, -0.05) is 45.2 Å². The quantitative estimate of drug-likeness (QED) is 0.441. The minimum Gasteiger partial charge on any atom is -0.444 e. The van der Waals surface area contributed by atoms with Gasteiger partial charge in [-0.25, -0.2) is 4.79 Å². The Labute approximate surface area is 211 Å². The molecule has 2 unspecified atom stereocenters. The van der Waals surface area contributed by atoms with E-state index in [1.54, 1.807) is 49.9 Å². The summed E-state index contributed by atoms with van der Waals surface area (Å²) in [5.74, 6) is 2.11. The van der Waals surface area contributed by atoms with Crippen LogP contribution in [0.1, 0.15) is 91.8 Å². The Morgan fingerprint density at radius 2 is 1.66 bits per heavy atom. The minimum atomic E-state index is -0.863. The number of carbonyl (C=O) groups is 3. The lowest BCUT2D eigenvalue weighted by Gasteiger charge is -2.35. The highest BCUT2D eigenvalue weighted by molar-refractivity contribution is 5.92. The van der Waals surface area contributed by atoms with Gasteiger partial charge in [0.15, 0.2) is 0 Å². The molecule has 0 radical (unpaired) electrons. The number of amides is 3. The number of hydrogen-bond acceptors (Lipinski definition) is 4. The summed E-state index contributed by atoms with van der Waals surface area (Å²) in [7, 11) is 0. The molecule has 2 atom stereocenters. The summed E-state index contributed by atoms with van der Waals surface area (Å²) in [4.78, 5) is 41.5. The van der Waals surface area contributed by atoms with Crippen molar-refractivity contribution in [3.8, 4) is 12.3 Å². The third-order valence-electron chi connectivity index (χ3n) is 5.12. The molecular weight excluding hydrogens is 442 g/mol. The molecule has 0 fully saturated rings. The number of carbonyl (C=O) groups excluding carboxylic acids is 3. The molecule has 0 heterocycles. The predicted molar refractivity (Wildman–Crippen MR) is 140 cm³/mol. The molecule has 0 aliphatic heterocycles. The van der Waals surface area contributed by atoms with Gasteiger partial charge in [0.05, 0.1) is 0 Å². The number of hydrogen-bond donors (Lipinski definition) is 2. The van der Waals surface area contributed by atoms with E-state index in [0.29, 0.717) is 30.5 Å². The number of terminal acetylenes is 1. The Hall–Kier alpha value is -3.01. The van der Waals surface area contributed by atoms with Gasteiger partial charge in [-0.05, 0) is 71.1 Å². The summed E-state index contributed by atoms with van der Waals surface area (Å²) in [6.07, 6.45) is 6.81. The summed E-state index contributed by atoms with van der Waals surface area (Å²) in [6.45, 7) is 15.4. The van der Waals surface area contributed by atoms with Crippen molar-refractivity contribution in [2.45, 2.75) is 98.4 Å². The molecule has 0 aliphatic carbocycles. The number of unbranched alkanes of at least 4 members (excludes halogenated alkanes) is 1. The summed E-state index contributed by atoms with van der Waals surface area (Å²) < 4.78 is 5.41. The normalized spacial score (nSPS) is 13.1. The first-order valence-corrected chi connectivity index (χ1v) is 12.5. The Bertz CT molecular complexity index is 879. The standard InChI is InChI=1S/C28H43N3O4/c1-10-12-17-31(26(33)23(18-19(3)4)30-27(34)35-28(7,8)9)24(25(32)29-20(5)6)22-15-13-21(11-2)14-16-22/h2,13-16,19-20,23-24H,10,12,17-18H2,1,3-9H3,(H,29,32)(H,30,34). The zero-order valence-electron chi connectivity index (χ0n) is 22.6. The van der Waals surface area contributed by atoms with Crippen molar-refractivity contribution in [1.29, 1.82) is 0 Å². The molecular formula is C28H43N3O4. The van der Waals surface area contributed by atoms with Crippen molar-refractivity contribution in [3.63, 3.8) is 0 Å². The number of benzene rings is 1. The molecule has 2 N–H and O–H groups in total. The van der Waals surface area contributed by atoms with Crippen molar-refractivity contribution in [2.75, 3.05) is 6.54 Å². The van der Waals surface area contributed by atoms with Crippen LogP contribution in [0.5, 0.6) is 0 Å². The first-order valence-electron chi connectivity index (χ1n) is 12.5. The summed E-state index contributed by atoms with van der Waals surface area (Å²) >= 11 is 0. The van der Waals surface area contributed by atoms with E-state index in [2.05, 4.69) is 16.6 Å². The van der Waals surface area contributed by atoms with Crippen LogP contribution in [0, 0.1) is 18.3 Å². The molecule has 194 valence electrons. The summed E-state index contributed by atoms with van der Waals surface area (Å²) in [5.41, 5.74) is 0.648. The third-order valence-corrected chi connectivity index (χ3v) is 5.12. The number of nitrogens with zero attached hydrogens (tertiary/aromatic N) is 1. The van der Waals surface area contributed by atoms with Gasteiger partial charge in [-0.15, -0.1) is 6.42 Å². The van der Waals surface area contributed by atoms with Crippen molar-refractivity contribution < 1.29 is 19.1 Å². The van der Waals surface area contributed by atoms with Gasteiger partial charge in [-0.3, -0.25) is 9.59 Å². The minimum absolute atomic E-state index is 0.107. The molecule has 1 rings (SSSR count). The van der Waals surface area contributed by atoms with Gasteiger partial charge in [0.25, 0.3) is 0 Å². The van der Waals surface area contributed by atoms with Gasteiger partial charge in [-0.2, -0.15) is 0 Å². The highest BCUT2D eigenvalue weighted by Gasteiger charge is 2.36. The topological polar surface area (TPSA) is 87.7 Å². The first-order chi connectivity index (χ1) is 16.3. The van der Waals surface area contributed by atoms with Crippen LogP contribution in [-0.2, 0) is 14.3 Å². The SMILES string of the molecule is C#Cc1ccc(C(C(=O)NC(C)C)N(CCCC)C(=O)C(CC(C)C)NC(=O)OC(C)(C)C)cc1. The number of alkyl carbamates (subject to hydrolysis) is 1. The molecule has 35 heavy (non-hydrogen) atoms. The van der Waals surface area contributed by atoms with Gasteiger partial charge in [0, 0.05) is 18.2 Å². The van der Waals surface area contributed by atoms with Gasteiger partial charge in [0.1, 0.15) is 17.7 Å². The highest BCUT2D eigenvalue weighted by atomic mass is 16.6. The van der Waals surface area contributed by atoms with Crippen LogP contribution >= 0.6 is 0 Å². The maximum absolute atomic E-state index is 14.0. The number of ether oxygens (including phenoxy) is 1. The lowest BCUT2D eigenvalue weighted by Crippen LogP contribution is -2.54. The molecule has 0 saturated carbocycles. The largest absolute Gasteiger partial charge is 0.444 e. The average molecular weight is 486 g/mol. The van der Waals surface area contributed by atoms with Crippen LogP contribution in [0.3, 0.4) is 0 Å². The predicted octanol–water partition coefficient (Wildman–Crippen LogP) is 4.80. The zero-order chi connectivity index (χ0) is 26.8. The monoisotopic (exact) mass is 485 g/mol. The third kappa shape index (κ3) is 10.4. The Balaban J connectivity index is 3.47. The lowest BCUT2D eigenvalue weighted by molar-refractivity contribution is -0.143. The zero-order valence-corrected chi connectivity index (χ0v) is 22.6. The van der Waals surface area contributed by atoms with Gasteiger partial charge in [0.2, 0.25) is 11.8 Å². The molecule has 7 heteroatoms.